The molecule has 1 aliphatic rings. The molecule has 0 unspecified atom stereocenters. The highest BCUT2D eigenvalue weighted by Gasteiger charge is 2.30. The second-order valence-electron chi connectivity index (χ2n) is 7.46. The SMILES string of the molecule is Cc1cc2oc(=O)cc(CSCC(=O)N3c4ccccc4C[C@H]3C)c2cc1C. The zero-order valence-corrected chi connectivity index (χ0v) is 17.1. The molecule has 1 aliphatic heterocycles. The summed E-state index contributed by atoms with van der Waals surface area (Å²) in [6.07, 6.45) is 0.898. The quantitative estimate of drug-likeness (QED) is 0.607. The number of para-hydroxylation sites is 1. The first-order valence-corrected chi connectivity index (χ1v) is 10.6. The van der Waals surface area contributed by atoms with Crippen LogP contribution < -0.4 is 10.5 Å². The number of aryl methyl sites for hydroxylation is 2. The Morgan fingerprint density at radius 1 is 1.18 bits per heavy atom. The number of amides is 1. The van der Waals surface area contributed by atoms with E-state index in [0.29, 0.717) is 17.1 Å². The highest BCUT2D eigenvalue weighted by Crippen LogP contribution is 2.32. The minimum atomic E-state index is -0.347. The van der Waals surface area contributed by atoms with Gasteiger partial charge in [0.1, 0.15) is 5.58 Å². The zero-order chi connectivity index (χ0) is 19.8. The molecular formula is C23H23NO3S. The molecule has 28 heavy (non-hydrogen) atoms. The molecule has 0 fully saturated rings. The number of nitrogens with zero attached hydrogens (tertiary/aromatic N) is 1. The number of hydrogen-bond acceptors (Lipinski definition) is 4. The van der Waals surface area contributed by atoms with Gasteiger partial charge < -0.3 is 9.32 Å². The zero-order valence-electron chi connectivity index (χ0n) is 16.3. The van der Waals surface area contributed by atoms with E-state index < -0.39 is 0 Å². The van der Waals surface area contributed by atoms with Crippen LogP contribution in [0.4, 0.5) is 5.69 Å². The molecule has 1 atom stereocenters. The lowest BCUT2D eigenvalue weighted by molar-refractivity contribution is -0.116. The molecule has 0 radical (unpaired) electrons. The number of anilines is 1. The lowest BCUT2D eigenvalue weighted by Crippen LogP contribution is -2.37. The van der Waals surface area contributed by atoms with E-state index in [4.69, 9.17) is 4.42 Å². The Hall–Kier alpha value is -2.53. The van der Waals surface area contributed by atoms with E-state index in [9.17, 15) is 9.59 Å². The van der Waals surface area contributed by atoms with Gasteiger partial charge in [0.05, 0.1) is 5.75 Å². The summed E-state index contributed by atoms with van der Waals surface area (Å²) in [6, 6.07) is 13.8. The fraction of sp³-hybridized carbons (Fsp3) is 0.304. The molecule has 2 aromatic carbocycles. The van der Waals surface area contributed by atoms with Crippen molar-refractivity contribution in [1.29, 1.82) is 0 Å². The first kappa shape index (κ1) is 18.8. The van der Waals surface area contributed by atoms with E-state index in [0.717, 1.165) is 34.2 Å². The summed E-state index contributed by atoms with van der Waals surface area (Å²) in [4.78, 5) is 26.7. The highest BCUT2D eigenvalue weighted by atomic mass is 32.2. The average molecular weight is 394 g/mol. The molecule has 0 spiro atoms. The second kappa shape index (κ2) is 7.47. The Kier molecular flexibility index (Phi) is 5.02. The fourth-order valence-corrected chi connectivity index (χ4v) is 4.74. The first-order valence-electron chi connectivity index (χ1n) is 9.45. The van der Waals surface area contributed by atoms with E-state index in [1.807, 2.05) is 43.0 Å². The van der Waals surface area contributed by atoms with Gasteiger partial charge in [-0.2, -0.15) is 0 Å². The van der Waals surface area contributed by atoms with Crippen LogP contribution in [0.5, 0.6) is 0 Å². The van der Waals surface area contributed by atoms with Crippen molar-refractivity contribution in [3.63, 3.8) is 0 Å². The molecule has 1 amide bonds. The molecule has 4 rings (SSSR count). The van der Waals surface area contributed by atoms with E-state index in [1.165, 1.54) is 17.3 Å². The predicted molar refractivity (Wildman–Crippen MR) is 115 cm³/mol. The molecule has 0 aliphatic carbocycles. The maximum absolute atomic E-state index is 12.9. The summed E-state index contributed by atoms with van der Waals surface area (Å²) in [5.74, 6) is 1.09. The molecular weight excluding hydrogens is 370 g/mol. The van der Waals surface area contributed by atoms with Crippen LogP contribution in [0, 0.1) is 13.8 Å². The highest BCUT2D eigenvalue weighted by molar-refractivity contribution is 7.99. The number of hydrogen-bond donors (Lipinski definition) is 0. The fourth-order valence-electron chi connectivity index (χ4n) is 3.87. The average Bonchev–Trinajstić information content (AvgIpc) is 2.99. The standard InChI is InChI=1S/C23H23NO3S/c1-14-8-19-18(11-23(26)27-21(19)9-15(14)2)12-28-13-22(25)24-16(3)10-17-6-4-5-7-20(17)24/h4-9,11,16H,10,12-13H2,1-3H3/t16-/m1/s1. The van der Waals surface area contributed by atoms with Gasteiger partial charge in [-0.15, -0.1) is 11.8 Å². The van der Waals surface area contributed by atoms with Gasteiger partial charge in [-0.25, -0.2) is 4.79 Å². The van der Waals surface area contributed by atoms with Gasteiger partial charge in [0.2, 0.25) is 5.91 Å². The van der Waals surface area contributed by atoms with Crippen LogP contribution in [0.15, 0.2) is 51.7 Å². The van der Waals surface area contributed by atoms with Crippen LogP contribution in [-0.2, 0) is 17.0 Å². The first-order chi connectivity index (χ1) is 13.4. The van der Waals surface area contributed by atoms with E-state index in [2.05, 4.69) is 19.1 Å². The largest absolute Gasteiger partial charge is 0.423 e. The third-order valence-electron chi connectivity index (χ3n) is 5.40. The lowest BCUT2D eigenvalue weighted by atomic mass is 10.0. The Balaban J connectivity index is 1.51. The van der Waals surface area contributed by atoms with Crippen molar-refractivity contribution in [2.24, 2.45) is 0 Å². The van der Waals surface area contributed by atoms with Gasteiger partial charge in [-0.3, -0.25) is 4.79 Å². The van der Waals surface area contributed by atoms with Crippen LogP contribution in [0.2, 0.25) is 0 Å². The lowest BCUT2D eigenvalue weighted by Gasteiger charge is -2.22. The normalized spacial score (nSPS) is 15.8. The Labute approximate surface area is 168 Å². The van der Waals surface area contributed by atoms with Crippen molar-refractivity contribution < 1.29 is 9.21 Å². The topological polar surface area (TPSA) is 50.5 Å². The van der Waals surface area contributed by atoms with E-state index in [-0.39, 0.29) is 17.6 Å². The number of fused-ring (bicyclic) bond motifs is 2. The molecule has 0 saturated carbocycles. The minimum Gasteiger partial charge on any atom is -0.423 e. The summed E-state index contributed by atoms with van der Waals surface area (Å²) >= 11 is 1.54. The molecule has 0 bridgehead atoms. The van der Waals surface area contributed by atoms with Crippen LogP contribution >= 0.6 is 11.8 Å². The molecule has 0 N–H and O–H groups in total. The van der Waals surface area contributed by atoms with Gasteiger partial charge in [0.25, 0.3) is 0 Å². The molecule has 1 aromatic heterocycles. The smallest absolute Gasteiger partial charge is 0.336 e. The molecule has 4 nitrogen and oxygen atoms in total. The van der Waals surface area contributed by atoms with Gasteiger partial charge in [0.15, 0.2) is 0 Å². The Morgan fingerprint density at radius 2 is 1.93 bits per heavy atom. The monoisotopic (exact) mass is 393 g/mol. The van der Waals surface area contributed by atoms with Crippen LogP contribution in [0.3, 0.4) is 0 Å². The summed E-state index contributed by atoms with van der Waals surface area (Å²) in [5, 5.41) is 0.947. The molecule has 5 heteroatoms. The summed E-state index contributed by atoms with van der Waals surface area (Å²) in [5.41, 5.74) is 5.69. The number of carbonyl (C=O) groups is 1. The number of carbonyl (C=O) groups excluding carboxylic acids is 1. The number of benzene rings is 2. The van der Waals surface area contributed by atoms with Crippen molar-refractivity contribution in [2.75, 3.05) is 10.7 Å². The number of rotatable bonds is 4. The van der Waals surface area contributed by atoms with Crippen molar-refractivity contribution in [2.45, 2.75) is 39.0 Å². The predicted octanol–water partition coefficient (Wildman–Crippen LogP) is 4.62. The second-order valence-corrected chi connectivity index (χ2v) is 8.45. The van der Waals surface area contributed by atoms with Crippen LogP contribution in [0.1, 0.15) is 29.2 Å². The van der Waals surface area contributed by atoms with E-state index in [1.54, 1.807) is 6.07 Å². The van der Waals surface area contributed by atoms with E-state index >= 15 is 0 Å². The molecule has 2 heterocycles. The Bertz CT molecular complexity index is 1120. The van der Waals surface area contributed by atoms with Gasteiger partial charge in [-0.1, -0.05) is 18.2 Å². The third kappa shape index (κ3) is 3.47. The Morgan fingerprint density at radius 3 is 2.75 bits per heavy atom. The molecule has 144 valence electrons. The molecule has 0 saturated heterocycles. The van der Waals surface area contributed by atoms with Crippen molar-refractivity contribution in [1.82, 2.24) is 0 Å². The van der Waals surface area contributed by atoms with Crippen LogP contribution in [0.25, 0.3) is 11.0 Å². The third-order valence-corrected chi connectivity index (χ3v) is 6.37. The van der Waals surface area contributed by atoms with Crippen molar-refractivity contribution >= 4 is 34.3 Å². The van der Waals surface area contributed by atoms with Gasteiger partial charge >= 0.3 is 5.63 Å². The minimum absolute atomic E-state index is 0.113. The maximum Gasteiger partial charge on any atom is 0.336 e. The van der Waals surface area contributed by atoms with Crippen molar-refractivity contribution in [3.8, 4) is 0 Å². The maximum atomic E-state index is 12.9. The van der Waals surface area contributed by atoms with Crippen molar-refractivity contribution in [3.05, 3.63) is 75.1 Å². The van der Waals surface area contributed by atoms with Gasteiger partial charge in [-0.05, 0) is 67.6 Å². The summed E-state index contributed by atoms with van der Waals surface area (Å²) in [6.45, 7) is 6.14. The summed E-state index contributed by atoms with van der Waals surface area (Å²) < 4.78 is 5.36. The van der Waals surface area contributed by atoms with Gasteiger partial charge in [0, 0.05) is 28.9 Å². The van der Waals surface area contributed by atoms with Crippen LogP contribution in [-0.4, -0.2) is 17.7 Å². The molecule has 3 aromatic rings. The summed E-state index contributed by atoms with van der Waals surface area (Å²) in [7, 11) is 0. The number of thioether (sulfide) groups is 1.